The van der Waals surface area contributed by atoms with Gasteiger partial charge in [0.2, 0.25) is 0 Å². The summed E-state index contributed by atoms with van der Waals surface area (Å²) in [6.07, 6.45) is 5.81. The quantitative estimate of drug-likeness (QED) is 0.383. The van der Waals surface area contributed by atoms with Crippen molar-refractivity contribution in [2.24, 2.45) is 0 Å². The standard InChI is InChI=1S/C11H6F4/c1-2-11(3-4-11)8-9(14)6(12)5-7(13)10(8)15/h1,5H,3-4H2. The highest BCUT2D eigenvalue weighted by Crippen LogP contribution is 2.49. The molecule has 0 nitrogen and oxygen atoms in total. The summed E-state index contributed by atoms with van der Waals surface area (Å²) in [4.78, 5) is 0. The Bertz CT molecular complexity index is 440. The topological polar surface area (TPSA) is 0 Å². The van der Waals surface area contributed by atoms with Gasteiger partial charge in [-0.05, 0) is 12.8 Å². The van der Waals surface area contributed by atoms with Gasteiger partial charge in [-0.3, -0.25) is 0 Å². The van der Waals surface area contributed by atoms with Gasteiger partial charge in [0, 0.05) is 11.6 Å². The van der Waals surface area contributed by atoms with Crippen LogP contribution in [0.25, 0.3) is 0 Å². The first-order valence-electron chi connectivity index (χ1n) is 4.33. The van der Waals surface area contributed by atoms with Crippen molar-refractivity contribution in [2.75, 3.05) is 0 Å². The highest BCUT2D eigenvalue weighted by Gasteiger charge is 2.48. The van der Waals surface area contributed by atoms with Gasteiger partial charge in [0.1, 0.15) is 0 Å². The van der Waals surface area contributed by atoms with Crippen molar-refractivity contribution in [2.45, 2.75) is 18.3 Å². The normalized spacial score (nSPS) is 17.3. The molecule has 0 spiro atoms. The van der Waals surface area contributed by atoms with Gasteiger partial charge >= 0.3 is 0 Å². The van der Waals surface area contributed by atoms with Crippen LogP contribution in [0.3, 0.4) is 0 Å². The van der Waals surface area contributed by atoms with Gasteiger partial charge in [-0.15, -0.1) is 6.42 Å². The molecular formula is C11H6F4. The van der Waals surface area contributed by atoms with Gasteiger partial charge in [-0.2, -0.15) is 0 Å². The lowest BCUT2D eigenvalue weighted by Crippen LogP contribution is -2.12. The van der Waals surface area contributed by atoms with E-state index in [1.807, 2.05) is 0 Å². The predicted molar refractivity (Wildman–Crippen MR) is 46.0 cm³/mol. The van der Waals surface area contributed by atoms with E-state index in [9.17, 15) is 17.6 Å². The summed E-state index contributed by atoms with van der Waals surface area (Å²) in [5.41, 5.74) is -1.81. The van der Waals surface area contributed by atoms with Gasteiger partial charge in [0.25, 0.3) is 0 Å². The van der Waals surface area contributed by atoms with Crippen LogP contribution < -0.4 is 0 Å². The Kier molecular flexibility index (Phi) is 2.00. The first kappa shape index (κ1) is 10.0. The first-order chi connectivity index (χ1) is 7.02. The van der Waals surface area contributed by atoms with Crippen molar-refractivity contribution >= 4 is 0 Å². The zero-order valence-corrected chi connectivity index (χ0v) is 7.58. The molecule has 1 saturated carbocycles. The van der Waals surface area contributed by atoms with Gasteiger partial charge in [0.15, 0.2) is 23.3 Å². The van der Waals surface area contributed by atoms with E-state index >= 15 is 0 Å². The van der Waals surface area contributed by atoms with Gasteiger partial charge in [-0.25, -0.2) is 17.6 Å². The summed E-state index contributed by atoms with van der Waals surface area (Å²) in [7, 11) is 0. The van der Waals surface area contributed by atoms with Gasteiger partial charge < -0.3 is 0 Å². The Morgan fingerprint density at radius 1 is 1.07 bits per heavy atom. The first-order valence-corrected chi connectivity index (χ1v) is 4.33. The minimum Gasteiger partial charge on any atom is -0.204 e. The van der Waals surface area contributed by atoms with Crippen molar-refractivity contribution < 1.29 is 17.6 Å². The predicted octanol–water partition coefficient (Wildman–Crippen LogP) is 2.91. The molecule has 0 heterocycles. The molecule has 1 fully saturated rings. The molecule has 0 amide bonds. The molecule has 1 aliphatic carbocycles. The van der Waals surface area contributed by atoms with E-state index < -0.39 is 34.2 Å². The van der Waals surface area contributed by atoms with E-state index in [2.05, 4.69) is 5.92 Å². The highest BCUT2D eigenvalue weighted by atomic mass is 19.2. The van der Waals surface area contributed by atoms with E-state index in [1.54, 1.807) is 0 Å². The summed E-state index contributed by atoms with van der Waals surface area (Å²) >= 11 is 0. The average Bonchev–Trinajstić information content (AvgIpc) is 2.96. The van der Waals surface area contributed by atoms with Crippen LogP contribution in [0.1, 0.15) is 18.4 Å². The fourth-order valence-corrected chi connectivity index (χ4v) is 1.58. The molecule has 0 aromatic heterocycles. The summed E-state index contributed by atoms with van der Waals surface area (Å²) in [6, 6.07) is 0.181. The number of hydrogen-bond acceptors (Lipinski definition) is 0. The molecule has 15 heavy (non-hydrogen) atoms. The van der Waals surface area contributed by atoms with Crippen LogP contribution in [-0.4, -0.2) is 0 Å². The Balaban J connectivity index is 2.71. The lowest BCUT2D eigenvalue weighted by molar-refractivity contribution is 0.433. The van der Waals surface area contributed by atoms with Crippen molar-refractivity contribution in [3.05, 3.63) is 34.9 Å². The number of terminal acetylenes is 1. The van der Waals surface area contributed by atoms with E-state index in [-0.39, 0.29) is 6.07 Å². The summed E-state index contributed by atoms with van der Waals surface area (Å²) in [5, 5.41) is 0. The van der Waals surface area contributed by atoms with E-state index in [0.29, 0.717) is 12.8 Å². The lowest BCUT2D eigenvalue weighted by atomic mass is 9.95. The van der Waals surface area contributed by atoms with Crippen LogP contribution in [0.5, 0.6) is 0 Å². The zero-order valence-electron chi connectivity index (χ0n) is 7.58. The largest absolute Gasteiger partial charge is 0.204 e. The molecule has 78 valence electrons. The molecule has 0 aliphatic heterocycles. The number of hydrogen-bond donors (Lipinski definition) is 0. The lowest BCUT2D eigenvalue weighted by Gasteiger charge is -2.11. The molecule has 0 atom stereocenters. The van der Waals surface area contributed by atoms with Crippen LogP contribution in [0.4, 0.5) is 17.6 Å². The molecule has 0 bridgehead atoms. The van der Waals surface area contributed by atoms with Crippen LogP contribution in [-0.2, 0) is 5.41 Å². The van der Waals surface area contributed by atoms with Crippen LogP contribution >= 0.6 is 0 Å². The summed E-state index contributed by atoms with van der Waals surface area (Å²) in [5.74, 6) is -3.40. The fraction of sp³-hybridized carbons (Fsp3) is 0.273. The third-order valence-corrected chi connectivity index (χ3v) is 2.62. The average molecular weight is 214 g/mol. The minimum atomic E-state index is -1.41. The molecule has 0 radical (unpaired) electrons. The number of halogens is 4. The third-order valence-electron chi connectivity index (χ3n) is 2.62. The second kappa shape index (κ2) is 2.99. The molecular weight excluding hydrogens is 208 g/mol. The van der Waals surface area contributed by atoms with Crippen molar-refractivity contribution in [1.29, 1.82) is 0 Å². The van der Waals surface area contributed by atoms with Crippen molar-refractivity contribution in [3.63, 3.8) is 0 Å². The van der Waals surface area contributed by atoms with Gasteiger partial charge in [-0.1, -0.05) is 5.92 Å². The van der Waals surface area contributed by atoms with Crippen molar-refractivity contribution in [3.8, 4) is 12.3 Å². The maximum absolute atomic E-state index is 13.3. The maximum Gasteiger partial charge on any atom is 0.166 e. The maximum atomic E-state index is 13.3. The Morgan fingerprint density at radius 3 is 1.87 bits per heavy atom. The van der Waals surface area contributed by atoms with Crippen LogP contribution in [0.2, 0.25) is 0 Å². The number of rotatable bonds is 1. The molecule has 4 heteroatoms. The van der Waals surface area contributed by atoms with Crippen LogP contribution in [0.15, 0.2) is 6.07 Å². The third kappa shape index (κ3) is 1.30. The van der Waals surface area contributed by atoms with Gasteiger partial charge in [0.05, 0.1) is 5.41 Å². The molecule has 1 aliphatic rings. The molecule has 0 N–H and O–H groups in total. The molecule has 2 rings (SSSR count). The molecule has 1 aromatic rings. The summed E-state index contributed by atoms with van der Waals surface area (Å²) < 4.78 is 52.3. The number of benzene rings is 1. The second-order valence-electron chi connectivity index (χ2n) is 3.57. The van der Waals surface area contributed by atoms with E-state index in [1.165, 1.54) is 0 Å². The molecule has 1 aromatic carbocycles. The van der Waals surface area contributed by atoms with E-state index in [0.717, 1.165) is 0 Å². The zero-order chi connectivity index (χ0) is 11.2. The highest BCUT2D eigenvalue weighted by molar-refractivity contribution is 5.43. The summed E-state index contributed by atoms with van der Waals surface area (Å²) in [6.45, 7) is 0. The monoisotopic (exact) mass is 214 g/mol. The van der Waals surface area contributed by atoms with Crippen molar-refractivity contribution in [1.82, 2.24) is 0 Å². The Labute approximate surface area is 83.9 Å². The molecule has 0 unspecified atom stereocenters. The van der Waals surface area contributed by atoms with Crippen LogP contribution in [0, 0.1) is 35.6 Å². The SMILES string of the molecule is C#CC1(c2c(F)c(F)cc(F)c2F)CC1. The minimum absolute atomic E-state index is 0.181. The second-order valence-corrected chi connectivity index (χ2v) is 3.57. The Morgan fingerprint density at radius 2 is 1.53 bits per heavy atom. The smallest absolute Gasteiger partial charge is 0.166 e. The Hall–Kier alpha value is -1.50. The molecule has 0 saturated heterocycles. The van der Waals surface area contributed by atoms with E-state index in [4.69, 9.17) is 6.42 Å². The fourth-order valence-electron chi connectivity index (χ4n) is 1.58.